The van der Waals surface area contributed by atoms with E-state index in [4.69, 9.17) is 0 Å². The number of rotatable bonds is 5. The van der Waals surface area contributed by atoms with Crippen LogP contribution in [0.4, 0.5) is 5.69 Å². The Bertz CT molecular complexity index is 1210. The average molecular weight is 436 g/mol. The summed E-state index contributed by atoms with van der Waals surface area (Å²) in [6.07, 6.45) is 5.45. The molecule has 1 aliphatic rings. The Balaban J connectivity index is 1.79. The number of nitrogens with zero attached hydrogens (tertiary/aromatic N) is 5. The molecular formula is C23H25N5O2S. The molecule has 0 bridgehead atoms. The van der Waals surface area contributed by atoms with Crippen molar-refractivity contribution in [2.75, 3.05) is 17.7 Å². The van der Waals surface area contributed by atoms with Gasteiger partial charge in [-0.25, -0.2) is 13.4 Å². The quantitative estimate of drug-likeness (QED) is 0.615. The molecule has 1 aliphatic heterocycles. The second-order valence-corrected chi connectivity index (χ2v) is 9.92. The first kappa shape index (κ1) is 21.1. The molecule has 0 N–H and O–H groups in total. The summed E-state index contributed by atoms with van der Waals surface area (Å²) in [7, 11) is -1.52. The molecule has 8 heteroatoms. The zero-order chi connectivity index (χ0) is 22.0. The molecule has 7 nitrogen and oxygen atoms in total. The van der Waals surface area contributed by atoms with E-state index in [0.717, 1.165) is 22.5 Å². The summed E-state index contributed by atoms with van der Waals surface area (Å²) in [6, 6.07) is 17.4. The fourth-order valence-corrected chi connectivity index (χ4v) is 5.21. The van der Waals surface area contributed by atoms with Crippen molar-refractivity contribution in [2.45, 2.75) is 25.6 Å². The third-order valence-corrected chi connectivity index (χ3v) is 7.00. The van der Waals surface area contributed by atoms with E-state index in [1.165, 1.54) is 6.26 Å². The largest absolute Gasteiger partial charge is 0.364 e. The number of hydrogen-bond donors (Lipinski definition) is 0. The van der Waals surface area contributed by atoms with Gasteiger partial charge in [0.2, 0.25) is 10.0 Å². The molecule has 0 saturated heterocycles. The lowest BCUT2D eigenvalue weighted by atomic mass is 10.1. The van der Waals surface area contributed by atoms with Crippen LogP contribution in [0.1, 0.15) is 22.4 Å². The summed E-state index contributed by atoms with van der Waals surface area (Å²) in [5, 5.41) is 9.38. The number of aryl methyl sites for hydroxylation is 1. The minimum absolute atomic E-state index is 0.239. The fourth-order valence-electron chi connectivity index (χ4n) is 4.15. The molecule has 1 aromatic heterocycles. The van der Waals surface area contributed by atoms with Crippen molar-refractivity contribution in [1.29, 1.82) is 5.26 Å². The molecule has 0 fully saturated rings. The van der Waals surface area contributed by atoms with Gasteiger partial charge in [-0.05, 0) is 35.7 Å². The standard InChI is InChI=1S/C23H25N5O2S/c1-26-17-25-13-22(26)16-27-15-21(11-18-6-4-3-5-7-18)28(31(2,29)30)14-20-10-19(12-24)8-9-23(20)27/h3-10,13,17,21H,11,14-16H2,1-2H3/t21-/m1/s1. The van der Waals surface area contributed by atoms with Gasteiger partial charge in [0, 0.05) is 38.1 Å². The molecule has 31 heavy (non-hydrogen) atoms. The van der Waals surface area contributed by atoms with Gasteiger partial charge in [-0.3, -0.25) is 0 Å². The van der Waals surface area contributed by atoms with E-state index >= 15 is 0 Å². The number of hydrogen-bond acceptors (Lipinski definition) is 5. The summed E-state index contributed by atoms with van der Waals surface area (Å²) in [5.41, 5.74) is 4.42. The van der Waals surface area contributed by atoms with E-state index in [0.29, 0.717) is 25.1 Å². The number of aromatic nitrogens is 2. The van der Waals surface area contributed by atoms with Gasteiger partial charge < -0.3 is 9.47 Å². The van der Waals surface area contributed by atoms with Crippen LogP contribution >= 0.6 is 0 Å². The molecule has 2 aromatic carbocycles. The van der Waals surface area contributed by atoms with Gasteiger partial charge in [0.25, 0.3) is 0 Å². The molecule has 4 rings (SSSR count). The fraction of sp³-hybridized carbons (Fsp3) is 0.304. The molecule has 160 valence electrons. The molecule has 0 spiro atoms. The van der Waals surface area contributed by atoms with Gasteiger partial charge in [-0.2, -0.15) is 9.57 Å². The van der Waals surface area contributed by atoms with Crippen LogP contribution in [-0.2, 0) is 36.6 Å². The Morgan fingerprint density at radius 2 is 1.97 bits per heavy atom. The number of nitriles is 1. The highest BCUT2D eigenvalue weighted by atomic mass is 32.2. The number of anilines is 1. The van der Waals surface area contributed by atoms with E-state index in [-0.39, 0.29) is 12.6 Å². The third kappa shape index (κ3) is 4.63. The Kier molecular flexibility index (Phi) is 5.81. The second-order valence-electron chi connectivity index (χ2n) is 7.98. The Hall–Kier alpha value is -3.15. The molecule has 0 radical (unpaired) electrons. The number of sulfonamides is 1. The highest BCUT2D eigenvalue weighted by Gasteiger charge is 2.33. The zero-order valence-electron chi connectivity index (χ0n) is 17.6. The molecule has 0 amide bonds. The summed E-state index contributed by atoms with van der Waals surface area (Å²) in [5.74, 6) is 0. The minimum atomic E-state index is -3.47. The average Bonchev–Trinajstić information content (AvgIpc) is 3.07. The number of fused-ring (bicyclic) bond motifs is 1. The Morgan fingerprint density at radius 3 is 2.61 bits per heavy atom. The van der Waals surface area contributed by atoms with E-state index in [1.54, 1.807) is 22.8 Å². The summed E-state index contributed by atoms with van der Waals surface area (Å²) >= 11 is 0. The van der Waals surface area contributed by atoms with E-state index in [1.807, 2.05) is 54.2 Å². The minimum Gasteiger partial charge on any atom is -0.364 e. The lowest BCUT2D eigenvalue weighted by Gasteiger charge is -2.31. The predicted octanol–water partition coefficient (Wildman–Crippen LogP) is 2.68. The van der Waals surface area contributed by atoms with Gasteiger partial charge in [-0.1, -0.05) is 30.3 Å². The van der Waals surface area contributed by atoms with Crippen LogP contribution in [0.15, 0.2) is 61.1 Å². The van der Waals surface area contributed by atoms with E-state index in [2.05, 4.69) is 16.0 Å². The van der Waals surface area contributed by atoms with Crippen LogP contribution in [0.2, 0.25) is 0 Å². The molecular weight excluding hydrogens is 410 g/mol. The molecule has 2 heterocycles. The molecule has 3 aromatic rings. The van der Waals surface area contributed by atoms with Crippen LogP contribution in [0.3, 0.4) is 0 Å². The van der Waals surface area contributed by atoms with E-state index < -0.39 is 10.0 Å². The van der Waals surface area contributed by atoms with Gasteiger partial charge >= 0.3 is 0 Å². The van der Waals surface area contributed by atoms with Crippen molar-refractivity contribution in [3.63, 3.8) is 0 Å². The normalized spacial score (nSPS) is 17.1. The first-order valence-electron chi connectivity index (χ1n) is 10.1. The molecule has 1 atom stereocenters. The van der Waals surface area contributed by atoms with Crippen LogP contribution in [0, 0.1) is 11.3 Å². The van der Waals surface area contributed by atoms with Crippen LogP contribution in [0.25, 0.3) is 0 Å². The molecule has 0 saturated carbocycles. The smallest absolute Gasteiger partial charge is 0.211 e. The predicted molar refractivity (Wildman–Crippen MR) is 120 cm³/mol. The van der Waals surface area contributed by atoms with Gasteiger partial charge in [0.1, 0.15) is 0 Å². The van der Waals surface area contributed by atoms with Gasteiger partial charge in [0.05, 0.1) is 36.5 Å². The number of imidazole rings is 1. The van der Waals surface area contributed by atoms with Gasteiger partial charge in [-0.15, -0.1) is 0 Å². The highest BCUT2D eigenvalue weighted by Crippen LogP contribution is 2.31. The summed E-state index contributed by atoms with van der Waals surface area (Å²) in [6.45, 7) is 1.37. The van der Waals surface area contributed by atoms with Crippen molar-refractivity contribution in [3.8, 4) is 6.07 Å². The lowest BCUT2D eigenvalue weighted by molar-refractivity contribution is 0.320. The SMILES string of the molecule is Cn1cncc1CN1C[C@@H](Cc2ccccc2)N(S(C)(=O)=O)Cc2cc(C#N)ccc21. The Morgan fingerprint density at radius 1 is 1.19 bits per heavy atom. The van der Waals surface area contributed by atoms with Crippen LogP contribution in [-0.4, -0.2) is 41.1 Å². The molecule has 0 unspecified atom stereocenters. The van der Waals surface area contributed by atoms with Crippen LogP contribution < -0.4 is 4.90 Å². The Labute approximate surface area is 183 Å². The van der Waals surface area contributed by atoms with Crippen LogP contribution in [0.5, 0.6) is 0 Å². The maximum atomic E-state index is 12.8. The second kappa shape index (κ2) is 8.53. The summed E-state index contributed by atoms with van der Waals surface area (Å²) < 4.78 is 29.2. The first-order valence-corrected chi connectivity index (χ1v) is 11.9. The van der Waals surface area contributed by atoms with Crippen molar-refractivity contribution in [3.05, 3.63) is 83.4 Å². The van der Waals surface area contributed by atoms with Crippen molar-refractivity contribution >= 4 is 15.7 Å². The first-order chi connectivity index (χ1) is 14.8. The zero-order valence-corrected chi connectivity index (χ0v) is 18.5. The highest BCUT2D eigenvalue weighted by molar-refractivity contribution is 7.88. The number of benzene rings is 2. The molecule has 0 aliphatic carbocycles. The topological polar surface area (TPSA) is 82.2 Å². The summed E-state index contributed by atoms with van der Waals surface area (Å²) in [4.78, 5) is 6.42. The van der Waals surface area contributed by atoms with Gasteiger partial charge in [0.15, 0.2) is 0 Å². The monoisotopic (exact) mass is 435 g/mol. The van der Waals surface area contributed by atoms with Crippen molar-refractivity contribution in [1.82, 2.24) is 13.9 Å². The third-order valence-electron chi connectivity index (χ3n) is 5.72. The van der Waals surface area contributed by atoms with Crippen molar-refractivity contribution < 1.29 is 8.42 Å². The van der Waals surface area contributed by atoms with E-state index in [9.17, 15) is 13.7 Å². The maximum Gasteiger partial charge on any atom is 0.211 e. The maximum absolute atomic E-state index is 12.8. The lowest BCUT2D eigenvalue weighted by Crippen LogP contribution is -2.45. The van der Waals surface area contributed by atoms with Crippen molar-refractivity contribution in [2.24, 2.45) is 7.05 Å².